The monoisotopic (exact) mass is 528 g/mol. The SMILES string of the molecule is CC(C)(NC(=O)C(C)(C)N1CCCC1)C(=O)Nc1nc(-c2ccc(F)cc2)c(Oc2ccc(F)cc2)s1. The lowest BCUT2D eigenvalue weighted by molar-refractivity contribution is -0.136. The van der Waals surface area contributed by atoms with Crippen molar-refractivity contribution in [1.82, 2.24) is 15.2 Å². The Balaban J connectivity index is 1.54. The fraction of sp³-hybridized carbons (Fsp3) is 0.370. The van der Waals surface area contributed by atoms with Gasteiger partial charge in [0.2, 0.25) is 11.0 Å². The average molecular weight is 529 g/mol. The van der Waals surface area contributed by atoms with Crippen LogP contribution in [0, 0.1) is 11.6 Å². The molecular weight excluding hydrogens is 498 g/mol. The number of ether oxygens (including phenoxy) is 1. The van der Waals surface area contributed by atoms with Gasteiger partial charge >= 0.3 is 0 Å². The first-order chi connectivity index (χ1) is 17.5. The summed E-state index contributed by atoms with van der Waals surface area (Å²) >= 11 is 1.07. The Kier molecular flexibility index (Phi) is 7.61. The van der Waals surface area contributed by atoms with E-state index in [4.69, 9.17) is 4.74 Å². The predicted molar refractivity (Wildman–Crippen MR) is 140 cm³/mol. The van der Waals surface area contributed by atoms with E-state index in [0.717, 1.165) is 37.3 Å². The van der Waals surface area contributed by atoms with Gasteiger partial charge in [-0.2, -0.15) is 0 Å². The van der Waals surface area contributed by atoms with Crippen LogP contribution in [0.4, 0.5) is 13.9 Å². The van der Waals surface area contributed by atoms with E-state index in [0.29, 0.717) is 22.1 Å². The highest BCUT2D eigenvalue weighted by Gasteiger charge is 2.40. The number of thiazole rings is 1. The van der Waals surface area contributed by atoms with Crippen molar-refractivity contribution in [2.24, 2.45) is 0 Å². The molecule has 7 nitrogen and oxygen atoms in total. The van der Waals surface area contributed by atoms with E-state index in [2.05, 4.69) is 20.5 Å². The van der Waals surface area contributed by atoms with Crippen molar-refractivity contribution in [2.75, 3.05) is 18.4 Å². The number of hydrogen-bond donors (Lipinski definition) is 2. The second kappa shape index (κ2) is 10.5. The lowest BCUT2D eigenvalue weighted by Crippen LogP contribution is -2.61. The first-order valence-electron chi connectivity index (χ1n) is 12.0. The highest BCUT2D eigenvalue weighted by atomic mass is 32.1. The normalized spacial score (nSPS) is 14.4. The zero-order valence-corrected chi connectivity index (χ0v) is 22.0. The molecule has 2 amide bonds. The van der Waals surface area contributed by atoms with E-state index in [1.807, 2.05) is 13.8 Å². The van der Waals surface area contributed by atoms with Crippen molar-refractivity contribution in [3.63, 3.8) is 0 Å². The Morgan fingerprint density at radius 3 is 2.08 bits per heavy atom. The highest BCUT2D eigenvalue weighted by Crippen LogP contribution is 2.41. The number of amides is 2. The molecule has 1 saturated heterocycles. The van der Waals surface area contributed by atoms with Crippen molar-refractivity contribution in [3.05, 3.63) is 60.2 Å². The molecule has 0 spiro atoms. The van der Waals surface area contributed by atoms with Crippen LogP contribution in [-0.4, -0.2) is 45.9 Å². The molecule has 0 saturated carbocycles. The van der Waals surface area contributed by atoms with Crippen LogP contribution in [0.2, 0.25) is 0 Å². The molecule has 1 aromatic heterocycles. The van der Waals surface area contributed by atoms with E-state index in [-0.39, 0.29) is 11.0 Å². The molecule has 2 heterocycles. The highest BCUT2D eigenvalue weighted by molar-refractivity contribution is 7.18. The third-order valence-corrected chi connectivity index (χ3v) is 7.25. The number of nitrogens with one attached hydrogen (secondary N) is 2. The lowest BCUT2D eigenvalue weighted by Gasteiger charge is -2.36. The summed E-state index contributed by atoms with van der Waals surface area (Å²) in [5.74, 6) is -1.11. The minimum absolute atomic E-state index is 0.235. The first kappa shape index (κ1) is 26.7. The van der Waals surface area contributed by atoms with Crippen LogP contribution in [0.5, 0.6) is 10.8 Å². The van der Waals surface area contributed by atoms with Crippen LogP contribution in [0.25, 0.3) is 11.3 Å². The minimum Gasteiger partial charge on any atom is -0.444 e. The topological polar surface area (TPSA) is 83.6 Å². The quantitative estimate of drug-likeness (QED) is 0.398. The first-order valence-corrected chi connectivity index (χ1v) is 12.9. The molecule has 0 radical (unpaired) electrons. The Morgan fingerprint density at radius 1 is 0.919 bits per heavy atom. The number of rotatable bonds is 8. The Hall–Kier alpha value is -3.37. The number of aromatic nitrogens is 1. The third-order valence-electron chi connectivity index (χ3n) is 6.40. The summed E-state index contributed by atoms with van der Waals surface area (Å²) in [7, 11) is 0. The Bertz CT molecular complexity index is 1270. The summed E-state index contributed by atoms with van der Waals surface area (Å²) in [4.78, 5) is 32.9. The zero-order chi connectivity index (χ0) is 26.8. The number of halogens is 2. The lowest BCUT2D eigenvalue weighted by atomic mass is 9.97. The molecule has 196 valence electrons. The largest absolute Gasteiger partial charge is 0.444 e. The van der Waals surface area contributed by atoms with Crippen LogP contribution in [-0.2, 0) is 9.59 Å². The number of benzene rings is 2. The second-order valence-corrected chi connectivity index (χ2v) is 11.0. The van der Waals surface area contributed by atoms with Gasteiger partial charge in [0, 0.05) is 5.56 Å². The zero-order valence-electron chi connectivity index (χ0n) is 21.2. The van der Waals surface area contributed by atoms with E-state index in [9.17, 15) is 18.4 Å². The van der Waals surface area contributed by atoms with E-state index >= 15 is 0 Å². The van der Waals surface area contributed by atoms with Crippen molar-refractivity contribution in [3.8, 4) is 22.1 Å². The third kappa shape index (κ3) is 6.14. The second-order valence-electron chi connectivity index (χ2n) is 10.0. The summed E-state index contributed by atoms with van der Waals surface area (Å²) < 4.78 is 32.8. The van der Waals surface area contributed by atoms with Crippen LogP contribution in [0.1, 0.15) is 40.5 Å². The number of anilines is 1. The van der Waals surface area contributed by atoms with Crippen molar-refractivity contribution in [2.45, 2.75) is 51.6 Å². The maximum Gasteiger partial charge on any atom is 0.251 e. The Labute approximate surface area is 218 Å². The van der Waals surface area contributed by atoms with Crippen LogP contribution in [0.3, 0.4) is 0 Å². The van der Waals surface area contributed by atoms with E-state index in [1.165, 1.54) is 36.4 Å². The predicted octanol–water partition coefficient (Wildman–Crippen LogP) is 5.59. The van der Waals surface area contributed by atoms with Crippen LogP contribution >= 0.6 is 11.3 Å². The number of nitrogens with zero attached hydrogens (tertiary/aromatic N) is 2. The van der Waals surface area contributed by atoms with Gasteiger partial charge in [0.1, 0.15) is 28.6 Å². The molecule has 0 aliphatic carbocycles. The molecular formula is C27H30F2N4O3S. The van der Waals surface area contributed by atoms with Crippen LogP contribution < -0.4 is 15.4 Å². The summed E-state index contributed by atoms with van der Waals surface area (Å²) in [5, 5.41) is 6.22. The summed E-state index contributed by atoms with van der Waals surface area (Å²) in [6.45, 7) is 8.66. The van der Waals surface area contributed by atoms with Gasteiger partial charge in [-0.05, 0) is 102 Å². The van der Waals surface area contributed by atoms with Gasteiger partial charge in [-0.1, -0.05) is 11.3 Å². The van der Waals surface area contributed by atoms with Gasteiger partial charge < -0.3 is 10.1 Å². The van der Waals surface area contributed by atoms with Crippen molar-refractivity contribution >= 4 is 28.3 Å². The molecule has 3 aromatic rings. The number of hydrogen-bond acceptors (Lipinski definition) is 6. The molecule has 0 bridgehead atoms. The molecule has 4 rings (SSSR count). The maximum absolute atomic E-state index is 13.5. The molecule has 10 heteroatoms. The molecule has 0 unspecified atom stereocenters. The summed E-state index contributed by atoms with van der Waals surface area (Å²) in [6.07, 6.45) is 2.09. The summed E-state index contributed by atoms with van der Waals surface area (Å²) in [5.41, 5.74) is -1.01. The van der Waals surface area contributed by atoms with Gasteiger partial charge in [-0.3, -0.25) is 19.8 Å². The van der Waals surface area contributed by atoms with Gasteiger partial charge in [-0.25, -0.2) is 13.8 Å². The standard InChI is InChI=1S/C27H30F2N4O3S/c1-26(2,32-24(35)27(3,4)33-15-5-6-16-33)23(34)31-25-30-21(17-7-9-18(28)10-8-17)22(37-25)36-20-13-11-19(29)12-14-20/h7-14H,5-6,15-16H2,1-4H3,(H,32,35)(H,30,31,34). The fourth-order valence-corrected chi connectivity index (χ4v) is 4.85. The number of carbonyl (C=O) groups excluding carboxylic acids is 2. The fourth-order valence-electron chi connectivity index (χ4n) is 4.00. The van der Waals surface area contributed by atoms with Gasteiger partial charge in [0.05, 0.1) is 5.54 Å². The van der Waals surface area contributed by atoms with Gasteiger partial charge in [0.15, 0.2) is 5.13 Å². The van der Waals surface area contributed by atoms with E-state index < -0.39 is 28.6 Å². The average Bonchev–Trinajstić information content (AvgIpc) is 3.52. The molecule has 2 aromatic carbocycles. The number of carbonyl (C=O) groups is 2. The van der Waals surface area contributed by atoms with Gasteiger partial charge in [0.25, 0.3) is 5.91 Å². The molecule has 1 aliphatic heterocycles. The molecule has 1 aliphatic rings. The molecule has 0 atom stereocenters. The minimum atomic E-state index is -1.23. The van der Waals surface area contributed by atoms with E-state index in [1.54, 1.807) is 26.0 Å². The van der Waals surface area contributed by atoms with Gasteiger partial charge in [-0.15, -0.1) is 0 Å². The smallest absolute Gasteiger partial charge is 0.251 e. The molecule has 1 fully saturated rings. The summed E-state index contributed by atoms with van der Waals surface area (Å²) in [6, 6.07) is 11.2. The van der Waals surface area contributed by atoms with Crippen molar-refractivity contribution < 1.29 is 23.1 Å². The maximum atomic E-state index is 13.5. The van der Waals surface area contributed by atoms with Crippen LogP contribution in [0.15, 0.2) is 48.5 Å². The Morgan fingerprint density at radius 2 is 1.49 bits per heavy atom. The molecule has 37 heavy (non-hydrogen) atoms. The number of likely N-dealkylation sites (tertiary alicyclic amines) is 1. The molecule has 2 N–H and O–H groups in total. The van der Waals surface area contributed by atoms with Crippen molar-refractivity contribution in [1.29, 1.82) is 0 Å².